The molecule has 26 heavy (non-hydrogen) atoms. The summed E-state index contributed by atoms with van der Waals surface area (Å²) < 4.78 is 6.34. The normalized spacial score (nSPS) is 21.2. The van der Waals surface area contributed by atoms with E-state index in [-0.39, 0.29) is 12.3 Å². The van der Waals surface area contributed by atoms with Gasteiger partial charge in [-0.25, -0.2) is 0 Å². The molecule has 2 atom stereocenters. The molecule has 0 aliphatic carbocycles. The molecule has 0 bridgehead atoms. The third-order valence-electron chi connectivity index (χ3n) is 4.82. The van der Waals surface area contributed by atoms with E-state index in [2.05, 4.69) is 40.8 Å². The van der Waals surface area contributed by atoms with Crippen LogP contribution in [0.1, 0.15) is 29.0 Å². The van der Waals surface area contributed by atoms with Crippen LogP contribution in [-0.2, 0) is 0 Å². The molecule has 1 N–H and O–H groups in total. The molecule has 0 amide bonds. The summed E-state index contributed by atoms with van der Waals surface area (Å²) in [6, 6.07) is 26.5. The Kier molecular flexibility index (Phi) is 3.70. The van der Waals surface area contributed by atoms with E-state index in [1.807, 2.05) is 54.6 Å². The number of hydrogen-bond donors (Lipinski definition) is 1. The van der Waals surface area contributed by atoms with Gasteiger partial charge >= 0.3 is 0 Å². The van der Waals surface area contributed by atoms with Crippen LogP contribution in [0.5, 0.6) is 5.75 Å². The summed E-state index contributed by atoms with van der Waals surface area (Å²) in [4.78, 5) is 0. The molecule has 3 nitrogen and oxygen atoms in total. The second kappa shape index (κ2) is 6.20. The van der Waals surface area contributed by atoms with Crippen molar-refractivity contribution < 1.29 is 4.74 Å². The van der Waals surface area contributed by atoms with Crippen molar-refractivity contribution in [1.29, 1.82) is 0 Å². The first-order valence-corrected chi connectivity index (χ1v) is 9.01. The summed E-state index contributed by atoms with van der Waals surface area (Å²) in [5.41, 5.74) is 7.96. The number of nitrogens with one attached hydrogen (secondary N) is 1. The standard InChI is InChI=1S/C22H17ClN2O/c23-17-10-6-9-16(13-17)22-25-20(18-11-4-5-12-21(18)26-22)14-19(24-25)15-7-2-1-3-8-15/h1-14,20,22,24H/t20-,22+/m0/s1. The quantitative estimate of drug-likeness (QED) is 0.668. The Morgan fingerprint density at radius 3 is 2.54 bits per heavy atom. The third kappa shape index (κ3) is 2.57. The second-order valence-corrected chi connectivity index (χ2v) is 6.91. The first kappa shape index (κ1) is 15.5. The van der Waals surface area contributed by atoms with Gasteiger partial charge in [0.2, 0.25) is 0 Å². The van der Waals surface area contributed by atoms with Gasteiger partial charge < -0.3 is 10.2 Å². The molecule has 3 aromatic rings. The Balaban J connectivity index is 1.60. The van der Waals surface area contributed by atoms with Crippen molar-refractivity contribution in [3.63, 3.8) is 0 Å². The van der Waals surface area contributed by atoms with Crippen molar-refractivity contribution in [2.24, 2.45) is 0 Å². The summed E-state index contributed by atoms with van der Waals surface area (Å²) in [6.45, 7) is 0. The van der Waals surface area contributed by atoms with E-state index in [1.54, 1.807) is 0 Å². The van der Waals surface area contributed by atoms with Crippen molar-refractivity contribution in [3.05, 3.63) is 107 Å². The zero-order chi connectivity index (χ0) is 17.5. The molecule has 128 valence electrons. The molecule has 2 aliphatic heterocycles. The lowest BCUT2D eigenvalue weighted by Gasteiger charge is -2.39. The molecule has 0 spiro atoms. The second-order valence-electron chi connectivity index (χ2n) is 6.47. The van der Waals surface area contributed by atoms with Gasteiger partial charge in [-0.2, -0.15) is 5.01 Å². The number of rotatable bonds is 2. The maximum absolute atomic E-state index is 6.34. The van der Waals surface area contributed by atoms with E-state index in [0.29, 0.717) is 5.02 Å². The van der Waals surface area contributed by atoms with Crippen LogP contribution in [-0.4, -0.2) is 5.01 Å². The van der Waals surface area contributed by atoms with Gasteiger partial charge in [-0.05, 0) is 29.8 Å². The van der Waals surface area contributed by atoms with Crippen LogP contribution >= 0.6 is 11.6 Å². The third-order valence-corrected chi connectivity index (χ3v) is 5.06. The lowest BCUT2D eigenvalue weighted by atomic mass is 10.0. The van der Waals surface area contributed by atoms with Crippen LogP contribution in [0.4, 0.5) is 0 Å². The number of para-hydroxylation sites is 1. The molecule has 0 saturated carbocycles. The minimum atomic E-state index is -0.258. The molecule has 0 saturated heterocycles. The fraction of sp³-hybridized carbons (Fsp3) is 0.0909. The van der Waals surface area contributed by atoms with Crippen molar-refractivity contribution in [2.45, 2.75) is 12.3 Å². The van der Waals surface area contributed by atoms with Crippen molar-refractivity contribution in [3.8, 4) is 5.75 Å². The van der Waals surface area contributed by atoms with Gasteiger partial charge in [-0.1, -0.05) is 72.3 Å². The van der Waals surface area contributed by atoms with Gasteiger partial charge in [0, 0.05) is 16.1 Å². The van der Waals surface area contributed by atoms with Gasteiger partial charge in [0.25, 0.3) is 0 Å². The highest BCUT2D eigenvalue weighted by Gasteiger charge is 2.39. The van der Waals surface area contributed by atoms with E-state index in [4.69, 9.17) is 16.3 Å². The molecule has 0 aromatic heterocycles. The minimum Gasteiger partial charge on any atom is -0.469 e. The summed E-state index contributed by atoms with van der Waals surface area (Å²) in [5.74, 6) is 0.908. The Morgan fingerprint density at radius 1 is 0.885 bits per heavy atom. The van der Waals surface area contributed by atoms with Crippen LogP contribution in [0.25, 0.3) is 5.70 Å². The molecule has 0 radical (unpaired) electrons. The van der Waals surface area contributed by atoms with Crippen molar-refractivity contribution >= 4 is 17.3 Å². The van der Waals surface area contributed by atoms with Crippen molar-refractivity contribution in [2.75, 3.05) is 0 Å². The lowest BCUT2D eigenvalue weighted by Crippen LogP contribution is -2.43. The van der Waals surface area contributed by atoms with E-state index in [0.717, 1.165) is 28.1 Å². The van der Waals surface area contributed by atoms with Crippen molar-refractivity contribution in [1.82, 2.24) is 10.4 Å². The fourth-order valence-corrected chi connectivity index (χ4v) is 3.80. The van der Waals surface area contributed by atoms with Crippen LogP contribution < -0.4 is 10.2 Å². The van der Waals surface area contributed by atoms with Gasteiger partial charge in [0.05, 0.1) is 11.7 Å². The summed E-state index contributed by atoms with van der Waals surface area (Å²) in [7, 11) is 0. The molecular formula is C22H17ClN2O. The highest BCUT2D eigenvalue weighted by molar-refractivity contribution is 6.30. The van der Waals surface area contributed by atoms with Gasteiger partial charge in [-0.15, -0.1) is 0 Å². The van der Waals surface area contributed by atoms with E-state index in [1.165, 1.54) is 0 Å². The number of nitrogens with zero attached hydrogens (tertiary/aromatic N) is 1. The minimum absolute atomic E-state index is 0.0964. The molecule has 0 unspecified atom stereocenters. The van der Waals surface area contributed by atoms with E-state index >= 15 is 0 Å². The molecule has 2 heterocycles. The molecule has 2 aliphatic rings. The first-order chi connectivity index (χ1) is 12.8. The molecule has 5 rings (SSSR count). The predicted octanol–water partition coefficient (Wildman–Crippen LogP) is 5.33. The SMILES string of the molecule is Clc1cccc([C@H]2Oc3ccccc3[C@@H]3C=C(c4ccccc4)NN23)c1. The molecule has 4 heteroatoms. The van der Waals surface area contributed by atoms with Gasteiger partial charge in [0.1, 0.15) is 5.75 Å². The largest absolute Gasteiger partial charge is 0.469 e. The summed E-state index contributed by atoms with van der Waals surface area (Å²) in [5, 5.41) is 2.85. The summed E-state index contributed by atoms with van der Waals surface area (Å²) in [6.07, 6.45) is 2.00. The van der Waals surface area contributed by atoms with E-state index < -0.39 is 0 Å². The zero-order valence-electron chi connectivity index (χ0n) is 14.0. The Hall–Kier alpha value is -2.75. The smallest absolute Gasteiger partial charge is 0.196 e. The summed E-state index contributed by atoms with van der Waals surface area (Å²) >= 11 is 6.22. The zero-order valence-corrected chi connectivity index (χ0v) is 14.7. The highest BCUT2D eigenvalue weighted by atomic mass is 35.5. The van der Waals surface area contributed by atoms with Gasteiger partial charge in [0.15, 0.2) is 6.23 Å². The molecular weight excluding hydrogens is 344 g/mol. The average Bonchev–Trinajstić information content (AvgIpc) is 3.14. The van der Waals surface area contributed by atoms with Crippen LogP contribution in [0.3, 0.4) is 0 Å². The topological polar surface area (TPSA) is 24.5 Å². The first-order valence-electron chi connectivity index (χ1n) is 8.63. The van der Waals surface area contributed by atoms with E-state index in [9.17, 15) is 0 Å². The van der Waals surface area contributed by atoms with Crippen LogP contribution in [0.2, 0.25) is 5.02 Å². The molecule has 3 aromatic carbocycles. The number of halogens is 1. The van der Waals surface area contributed by atoms with Crippen LogP contribution in [0, 0.1) is 0 Å². The Morgan fingerprint density at radius 2 is 1.69 bits per heavy atom. The lowest BCUT2D eigenvalue weighted by molar-refractivity contribution is -0.0326. The van der Waals surface area contributed by atoms with Crippen LogP contribution in [0.15, 0.2) is 84.9 Å². The monoisotopic (exact) mass is 360 g/mol. The number of benzene rings is 3. The number of fused-ring (bicyclic) bond motifs is 3. The molecule has 0 fully saturated rings. The number of ether oxygens (including phenoxy) is 1. The van der Waals surface area contributed by atoms with Gasteiger partial charge in [-0.3, -0.25) is 0 Å². The predicted molar refractivity (Wildman–Crippen MR) is 103 cm³/mol. The Labute approximate surface area is 157 Å². The number of hydrogen-bond acceptors (Lipinski definition) is 3. The maximum Gasteiger partial charge on any atom is 0.196 e. The maximum atomic E-state index is 6.34. The average molecular weight is 361 g/mol. The Bertz CT molecular complexity index is 986. The number of hydrazine groups is 1. The fourth-order valence-electron chi connectivity index (χ4n) is 3.60. The highest BCUT2D eigenvalue weighted by Crippen LogP contribution is 2.45.